The van der Waals surface area contributed by atoms with E-state index in [9.17, 15) is 25.3 Å². The van der Waals surface area contributed by atoms with Crippen molar-refractivity contribution in [3.05, 3.63) is 73.8 Å². The van der Waals surface area contributed by atoms with Crippen molar-refractivity contribution >= 4 is 28.8 Å². The first-order valence-corrected chi connectivity index (χ1v) is 16.8. The van der Waals surface area contributed by atoms with Crippen LogP contribution >= 0.6 is 0 Å². The number of nitrogens with zero attached hydrogens (tertiary/aromatic N) is 3. The van der Waals surface area contributed by atoms with E-state index in [1.165, 1.54) is 102 Å². The van der Waals surface area contributed by atoms with Crippen LogP contribution in [-0.4, -0.2) is 31.8 Å². The first-order valence-electron chi connectivity index (χ1n) is 16.8. The third-order valence-electron chi connectivity index (χ3n) is 8.97. The van der Waals surface area contributed by atoms with Crippen molar-refractivity contribution in [1.82, 2.24) is 0 Å². The standard InChI is InChI=1S/C36H51N3O5/c1-4-5-6-7-8-9-10-11-12-13-14-15-16-17-18-21-26-37-32-23-20-19-22-31(32)36(2,3)34(37)25-24-29-27-30(38(41)42)28-33(35(29)40)39(43)44/h19-20,22-25,27-28H,4-18,21,26H2,1-3H3/p+1. The zero-order chi connectivity index (χ0) is 32.0. The smallest absolute Gasteiger partial charge is 0.318 e. The Morgan fingerprint density at radius 3 is 1.80 bits per heavy atom. The van der Waals surface area contributed by atoms with E-state index in [1.54, 1.807) is 6.08 Å². The molecule has 0 spiro atoms. The summed E-state index contributed by atoms with van der Waals surface area (Å²) in [6.45, 7) is 7.37. The second kappa shape index (κ2) is 17.7. The molecule has 0 aromatic heterocycles. The van der Waals surface area contributed by atoms with Crippen LogP contribution in [0.1, 0.15) is 135 Å². The molecule has 0 bridgehead atoms. The summed E-state index contributed by atoms with van der Waals surface area (Å²) in [6, 6.07) is 10.2. The van der Waals surface area contributed by atoms with E-state index in [1.807, 2.05) is 18.2 Å². The lowest BCUT2D eigenvalue weighted by Crippen LogP contribution is -2.27. The van der Waals surface area contributed by atoms with Gasteiger partial charge in [-0.05, 0) is 26.3 Å². The van der Waals surface area contributed by atoms with Gasteiger partial charge in [-0.1, -0.05) is 115 Å². The van der Waals surface area contributed by atoms with Gasteiger partial charge in [0.15, 0.2) is 5.71 Å². The number of hydrogen-bond donors (Lipinski definition) is 1. The summed E-state index contributed by atoms with van der Waals surface area (Å²) < 4.78 is 2.29. The highest BCUT2D eigenvalue weighted by Gasteiger charge is 2.43. The number of unbranched alkanes of at least 4 members (excludes halogenated alkanes) is 15. The molecule has 0 atom stereocenters. The van der Waals surface area contributed by atoms with Gasteiger partial charge >= 0.3 is 5.69 Å². The Kier molecular flexibility index (Phi) is 14.0. The van der Waals surface area contributed by atoms with Crippen LogP contribution in [-0.2, 0) is 5.41 Å². The van der Waals surface area contributed by atoms with Gasteiger partial charge in [-0.3, -0.25) is 20.2 Å². The number of phenolic OH excluding ortho intramolecular Hbond substituents is 1. The minimum Gasteiger partial charge on any atom is -0.502 e. The van der Waals surface area contributed by atoms with Crippen LogP contribution in [0.15, 0.2) is 42.5 Å². The minimum atomic E-state index is -0.800. The first kappa shape index (κ1) is 34.9. The number of aromatic hydroxyl groups is 1. The maximum absolute atomic E-state index is 11.4. The number of rotatable bonds is 21. The third kappa shape index (κ3) is 9.73. The van der Waals surface area contributed by atoms with E-state index in [0.29, 0.717) is 0 Å². The second-order valence-corrected chi connectivity index (χ2v) is 12.7. The van der Waals surface area contributed by atoms with Crippen molar-refractivity contribution < 1.29 is 19.5 Å². The Balaban J connectivity index is 1.54. The average Bonchev–Trinajstić information content (AvgIpc) is 3.21. The molecule has 1 aliphatic rings. The van der Waals surface area contributed by atoms with E-state index in [-0.39, 0.29) is 11.0 Å². The molecule has 0 aliphatic carbocycles. The van der Waals surface area contributed by atoms with Crippen LogP contribution in [0.5, 0.6) is 5.75 Å². The van der Waals surface area contributed by atoms with Crippen molar-refractivity contribution in [2.75, 3.05) is 6.54 Å². The molecule has 0 saturated carbocycles. The molecular weight excluding hydrogens is 554 g/mol. The van der Waals surface area contributed by atoms with Crippen molar-refractivity contribution in [3.63, 3.8) is 0 Å². The molecule has 240 valence electrons. The number of hydrogen-bond acceptors (Lipinski definition) is 5. The quantitative estimate of drug-likeness (QED) is 0.0658. The largest absolute Gasteiger partial charge is 0.502 e. The Labute approximate surface area is 263 Å². The molecule has 1 aliphatic heterocycles. The normalized spacial score (nSPS) is 14.0. The Morgan fingerprint density at radius 1 is 0.750 bits per heavy atom. The summed E-state index contributed by atoms with van der Waals surface area (Å²) in [7, 11) is 0. The molecule has 8 heteroatoms. The lowest BCUT2D eigenvalue weighted by atomic mass is 9.81. The molecule has 0 amide bonds. The molecule has 0 unspecified atom stereocenters. The average molecular weight is 607 g/mol. The fourth-order valence-corrected chi connectivity index (χ4v) is 6.37. The summed E-state index contributed by atoms with van der Waals surface area (Å²) in [6.07, 6.45) is 24.5. The van der Waals surface area contributed by atoms with Gasteiger partial charge in [0.2, 0.25) is 11.4 Å². The number of nitro groups is 2. The fraction of sp³-hybridized carbons (Fsp3) is 0.583. The predicted octanol–water partition coefficient (Wildman–Crippen LogP) is 10.6. The van der Waals surface area contributed by atoms with Gasteiger partial charge < -0.3 is 5.11 Å². The minimum absolute atomic E-state index is 0.0486. The monoisotopic (exact) mass is 606 g/mol. The molecule has 0 fully saturated rings. The van der Waals surface area contributed by atoms with Crippen LogP contribution in [0, 0.1) is 20.2 Å². The zero-order valence-corrected chi connectivity index (χ0v) is 27.1. The summed E-state index contributed by atoms with van der Waals surface area (Å²) in [5, 5.41) is 33.4. The highest BCUT2D eigenvalue weighted by atomic mass is 16.6. The summed E-state index contributed by atoms with van der Waals surface area (Å²) in [5.74, 6) is -0.574. The summed E-state index contributed by atoms with van der Waals surface area (Å²) in [5.41, 5.74) is 1.91. The van der Waals surface area contributed by atoms with Gasteiger partial charge in [0, 0.05) is 35.8 Å². The Hall–Kier alpha value is -3.55. The van der Waals surface area contributed by atoms with E-state index in [0.717, 1.165) is 36.9 Å². The Morgan fingerprint density at radius 2 is 1.27 bits per heavy atom. The SMILES string of the molecule is CCCCCCCCCCCCCCCCCC[N+]1=C(/C=C/c2cc([N+](=O)[O-])cc([N+](=O)[O-])c2O)C(C)(C)c2ccccc21. The van der Waals surface area contributed by atoms with Gasteiger partial charge in [0.25, 0.3) is 5.69 Å². The van der Waals surface area contributed by atoms with E-state index in [4.69, 9.17) is 0 Å². The summed E-state index contributed by atoms with van der Waals surface area (Å²) in [4.78, 5) is 21.3. The van der Waals surface area contributed by atoms with Gasteiger partial charge in [-0.25, -0.2) is 0 Å². The molecule has 1 heterocycles. The molecule has 44 heavy (non-hydrogen) atoms. The highest BCUT2D eigenvalue weighted by Crippen LogP contribution is 2.41. The second-order valence-electron chi connectivity index (χ2n) is 12.7. The van der Waals surface area contributed by atoms with Crippen LogP contribution < -0.4 is 0 Å². The van der Waals surface area contributed by atoms with Crippen LogP contribution in [0.4, 0.5) is 17.1 Å². The van der Waals surface area contributed by atoms with Gasteiger partial charge in [0.1, 0.15) is 6.54 Å². The van der Waals surface area contributed by atoms with Crippen molar-refractivity contribution in [2.45, 2.75) is 129 Å². The van der Waals surface area contributed by atoms with Crippen molar-refractivity contribution in [2.24, 2.45) is 0 Å². The fourth-order valence-electron chi connectivity index (χ4n) is 6.37. The first-order chi connectivity index (χ1) is 21.2. The van der Waals surface area contributed by atoms with Crippen molar-refractivity contribution in [1.29, 1.82) is 0 Å². The van der Waals surface area contributed by atoms with Crippen LogP contribution in [0.25, 0.3) is 6.08 Å². The van der Waals surface area contributed by atoms with Crippen molar-refractivity contribution in [3.8, 4) is 5.75 Å². The number of benzene rings is 2. The van der Waals surface area contributed by atoms with Gasteiger partial charge in [0.05, 0.1) is 21.3 Å². The highest BCUT2D eigenvalue weighted by molar-refractivity contribution is 6.05. The van der Waals surface area contributed by atoms with Gasteiger partial charge in [-0.15, -0.1) is 0 Å². The zero-order valence-electron chi connectivity index (χ0n) is 27.1. The number of nitro benzene ring substituents is 2. The number of para-hydroxylation sites is 1. The van der Waals surface area contributed by atoms with E-state index in [2.05, 4.69) is 37.5 Å². The van der Waals surface area contributed by atoms with Crippen LogP contribution in [0.2, 0.25) is 0 Å². The number of phenols is 1. The topological polar surface area (TPSA) is 110 Å². The Bertz CT molecular complexity index is 1310. The molecule has 2 aromatic carbocycles. The van der Waals surface area contributed by atoms with E-state index < -0.39 is 27.0 Å². The lowest BCUT2D eigenvalue weighted by molar-refractivity contribution is -0.438. The molecule has 8 nitrogen and oxygen atoms in total. The number of fused-ring (bicyclic) bond motifs is 1. The lowest BCUT2D eigenvalue weighted by Gasteiger charge is -2.15. The molecular formula is C36H52N3O5+. The molecule has 0 radical (unpaired) electrons. The summed E-state index contributed by atoms with van der Waals surface area (Å²) >= 11 is 0. The van der Waals surface area contributed by atoms with Crippen LogP contribution in [0.3, 0.4) is 0 Å². The maximum atomic E-state index is 11.4. The molecule has 0 saturated heterocycles. The molecule has 3 rings (SSSR count). The number of allylic oxidation sites excluding steroid dienone is 1. The molecule has 2 aromatic rings. The number of non-ortho nitro benzene ring substituents is 1. The maximum Gasteiger partial charge on any atom is 0.318 e. The molecule has 1 N–H and O–H groups in total. The third-order valence-corrected chi connectivity index (χ3v) is 8.97. The van der Waals surface area contributed by atoms with E-state index >= 15 is 0 Å². The predicted molar refractivity (Wildman–Crippen MR) is 179 cm³/mol. The van der Waals surface area contributed by atoms with Gasteiger partial charge in [-0.2, -0.15) is 4.58 Å².